The van der Waals surface area contributed by atoms with E-state index in [1.54, 1.807) is 12.1 Å². The lowest BCUT2D eigenvalue weighted by molar-refractivity contribution is 0.388. The van der Waals surface area contributed by atoms with Crippen LogP contribution in [0.25, 0.3) is 0 Å². The summed E-state index contributed by atoms with van der Waals surface area (Å²) in [5.74, 6) is 0.734. The summed E-state index contributed by atoms with van der Waals surface area (Å²) in [4.78, 5) is 0.387. The third-order valence-electron chi connectivity index (χ3n) is 4.13. The minimum Gasteiger partial charge on any atom is -0.307 e. The van der Waals surface area contributed by atoms with E-state index >= 15 is 0 Å². The fourth-order valence-corrected chi connectivity index (χ4v) is 3.44. The lowest BCUT2D eigenvalue weighted by Gasteiger charge is -2.23. The van der Waals surface area contributed by atoms with Crippen molar-refractivity contribution in [3.05, 3.63) is 29.8 Å². The Hall–Kier alpha value is -0.870. The summed E-state index contributed by atoms with van der Waals surface area (Å²) in [5, 5.41) is 3.65. The van der Waals surface area contributed by atoms with Crippen molar-refractivity contribution in [2.75, 3.05) is 6.26 Å². The predicted molar refractivity (Wildman–Crippen MR) is 77.9 cm³/mol. The fraction of sp³-hybridized carbons (Fsp3) is 0.600. The smallest absolute Gasteiger partial charge is 0.175 e. The molecular weight excluding hydrogens is 258 g/mol. The Balaban J connectivity index is 2.05. The van der Waals surface area contributed by atoms with Gasteiger partial charge in [0.1, 0.15) is 0 Å². The van der Waals surface area contributed by atoms with Crippen molar-refractivity contribution in [2.45, 2.75) is 50.1 Å². The van der Waals surface area contributed by atoms with E-state index in [9.17, 15) is 8.42 Å². The molecule has 0 saturated heterocycles. The van der Waals surface area contributed by atoms with Gasteiger partial charge in [0.15, 0.2) is 9.84 Å². The quantitative estimate of drug-likeness (QED) is 0.923. The fourth-order valence-electron chi connectivity index (χ4n) is 2.81. The molecule has 19 heavy (non-hydrogen) atoms. The van der Waals surface area contributed by atoms with Crippen molar-refractivity contribution < 1.29 is 8.42 Å². The van der Waals surface area contributed by atoms with E-state index in [0.717, 1.165) is 11.5 Å². The van der Waals surface area contributed by atoms with Crippen molar-refractivity contribution in [3.8, 4) is 0 Å². The van der Waals surface area contributed by atoms with Crippen LogP contribution in [-0.4, -0.2) is 20.7 Å². The monoisotopic (exact) mass is 281 g/mol. The second kappa shape index (κ2) is 5.63. The van der Waals surface area contributed by atoms with Gasteiger partial charge in [0.05, 0.1) is 4.90 Å². The Morgan fingerprint density at radius 1 is 1.21 bits per heavy atom. The summed E-state index contributed by atoms with van der Waals surface area (Å²) < 4.78 is 22.8. The maximum Gasteiger partial charge on any atom is 0.175 e. The molecule has 1 aliphatic rings. The van der Waals surface area contributed by atoms with Crippen LogP contribution < -0.4 is 5.32 Å². The van der Waals surface area contributed by atoms with E-state index in [4.69, 9.17) is 0 Å². The molecule has 1 N–H and O–H groups in total. The number of sulfone groups is 1. The molecular formula is C15H23NO2S. The molecule has 1 saturated carbocycles. The number of hydrogen-bond acceptors (Lipinski definition) is 3. The van der Waals surface area contributed by atoms with Crippen molar-refractivity contribution in [1.29, 1.82) is 0 Å². The third-order valence-corrected chi connectivity index (χ3v) is 5.26. The highest BCUT2D eigenvalue weighted by atomic mass is 32.2. The molecule has 0 aliphatic heterocycles. The average molecular weight is 281 g/mol. The van der Waals surface area contributed by atoms with Crippen LogP contribution in [0.5, 0.6) is 0 Å². The zero-order valence-corrected chi connectivity index (χ0v) is 12.7. The maximum absolute atomic E-state index is 11.4. The largest absolute Gasteiger partial charge is 0.307 e. The molecule has 2 rings (SSSR count). The van der Waals surface area contributed by atoms with E-state index in [1.807, 2.05) is 12.1 Å². The maximum atomic E-state index is 11.4. The van der Waals surface area contributed by atoms with Gasteiger partial charge in [-0.15, -0.1) is 0 Å². The van der Waals surface area contributed by atoms with Gasteiger partial charge in [-0.3, -0.25) is 0 Å². The van der Waals surface area contributed by atoms with Crippen LogP contribution in [0.4, 0.5) is 0 Å². The van der Waals surface area contributed by atoms with Gasteiger partial charge in [-0.05, 0) is 43.4 Å². The first-order valence-corrected chi connectivity index (χ1v) is 8.83. The van der Waals surface area contributed by atoms with Crippen LogP contribution in [0, 0.1) is 5.92 Å². The van der Waals surface area contributed by atoms with E-state index < -0.39 is 9.84 Å². The highest BCUT2D eigenvalue weighted by molar-refractivity contribution is 7.90. The minimum atomic E-state index is -3.10. The topological polar surface area (TPSA) is 46.2 Å². The van der Waals surface area contributed by atoms with Crippen LogP contribution in [0.2, 0.25) is 0 Å². The predicted octanol–water partition coefficient (Wildman–Crippen LogP) is 2.93. The van der Waals surface area contributed by atoms with Gasteiger partial charge in [0, 0.05) is 18.3 Å². The molecule has 1 aromatic rings. The average Bonchev–Trinajstić information content (AvgIpc) is 2.74. The van der Waals surface area contributed by atoms with Crippen LogP contribution in [0.1, 0.15) is 44.7 Å². The first-order chi connectivity index (χ1) is 8.88. The molecule has 1 aromatic carbocycles. The molecule has 0 radical (unpaired) electrons. The Morgan fingerprint density at radius 3 is 2.32 bits per heavy atom. The molecule has 0 amide bonds. The lowest BCUT2D eigenvalue weighted by atomic mass is 10.0. The zero-order valence-electron chi connectivity index (χ0n) is 11.9. The molecule has 3 atom stereocenters. The summed E-state index contributed by atoms with van der Waals surface area (Å²) in [6.07, 6.45) is 5.09. The molecule has 1 aliphatic carbocycles. The second-order valence-corrected chi connectivity index (χ2v) is 7.76. The van der Waals surface area contributed by atoms with E-state index in [-0.39, 0.29) is 6.04 Å². The molecule has 3 nitrogen and oxygen atoms in total. The van der Waals surface area contributed by atoms with Gasteiger partial charge >= 0.3 is 0 Å². The summed E-state index contributed by atoms with van der Waals surface area (Å²) in [7, 11) is -3.10. The highest BCUT2D eigenvalue weighted by Crippen LogP contribution is 2.27. The minimum absolute atomic E-state index is 0.263. The van der Waals surface area contributed by atoms with Crippen molar-refractivity contribution in [2.24, 2.45) is 5.92 Å². The van der Waals surface area contributed by atoms with Gasteiger partial charge in [-0.2, -0.15) is 0 Å². The summed E-state index contributed by atoms with van der Waals surface area (Å²) in [6, 6.07) is 8.06. The first kappa shape index (κ1) is 14.5. The number of rotatable bonds is 4. The first-order valence-electron chi connectivity index (χ1n) is 6.94. The van der Waals surface area contributed by atoms with Gasteiger partial charge in [0.2, 0.25) is 0 Å². The Bertz CT molecular complexity index is 522. The van der Waals surface area contributed by atoms with Gasteiger partial charge in [-0.1, -0.05) is 25.5 Å². The Kier molecular flexibility index (Phi) is 4.31. The van der Waals surface area contributed by atoms with E-state index in [0.29, 0.717) is 10.9 Å². The van der Waals surface area contributed by atoms with Gasteiger partial charge < -0.3 is 5.32 Å². The normalized spacial score (nSPS) is 25.4. The summed E-state index contributed by atoms with van der Waals surface area (Å²) in [6.45, 7) is 4.44. The SMILES string of the molecule is CC(NC1CCCC1C)c1ccc(S(C)(=O)=O)cc1. The Morgan fingerprint density at radius 2 is 1.84 bits per heavy atom. The van der Waals surface area contributed by atoms with Crippen molar-refractivity contribution in [3.63, 3.8) is 0 Å². The molecule has 4 heteroatoms. The van der Waals surface area contributed by atoms with Crippen molar-refractivity contribution >= 4 is 9.84 Å². The van der Waals surface area contributed by atoms with E-state index in [2.05, 4.69) is 19.2 Å². The molecule has 0 bridgehead atoms. The van der Waals surface area contributed by atoms with Crippen LogP contribution in [0.3, 0.4) is 0 Å². The zero-order chi connectivity index (χ0) is 14.0. The standard InChI is InChI=1S/C15H23NO2S/c1-11-5-4-6-15(11)16-12(2)13-7-9-14(10-8-13)19(3,17)18/h7-12,15-16H,4-6H2,1-3H3. The van der Waals surface area contributed by atoms with Gasteiger partial charge in [0.25, 0.3) is 0 Å². The number of nitrogens with one attached hydrogen (secondary N) is 1. The molecule has 3 unspecified atom stereocenters. The van der Waals surface area contributed by atoms with Crippen LogP contribution in [0.15, 0.2) is 29.2 Å². The molecule has 0 heterocycles. The second-order valence-electron chi connectivity index (χ2n) is 5.74. The summed E-state index contributed by atoms with van der Waals surface area (Å²) in [5.41, 5.74) is 1.14. The molecule has 0 aromatic heterocycles. The summed E-state index contributed by atoms with van der Waals surface area (Å²) >= 11 is 0. The van der Waals surface area contributed by atoms with Crippen LogP contribution >= 0.6 is 0 Å². The van der Waals surface area contributed by atoms with Crippen LogP contribution in [-0.2, 0) is 9.84 Å². The Labute approximate surface area is 116 Å². The number of hydrogen-bond donors (Lipinski definition) is 1. The van der Waals surface area contributed by atoms with E-state index in [1.165, 1.54) is 25.5 Å². The molecule has 0 spiro atoms. The third kappa shape index (κ3) is 3.57. The lowest BCUT2D eigenvalue weighted by Crippen LogP contribution is -2.33. The molecule has 106 valence electrons. The van der Waals surface area contributed by atoms with Gasteiger partial charge in [-0.25, -0.2) is 8.42 Å². The molecule has 1 fully saturated rings. The number of benzene rings is 1. The highest BCUT2D eigenvalue weighted by Gasteiger charge is 2.24. The van der Waals surface area contributed by atoms with Crippen molar-refractivity contribution in [1.82, 2.24) is 5.32 Å².